The van der Waals surface area contributed by atoms with Gasteiger partial charge in [0.15, 0.2) is 0 Å². The molecule has 1 heterocycles. The maximum Gasteiger partial charge on any atom is 0.317 e. The average molecular weight is 230 g/mol. The molecule has 0 unspecified atom stereocenters. The third kappa shape index (κ3) is 5.09. The minimum absolute atomic E-state index is 0.0823. The number of carboxylic acid groups (broad SMARTS) is 2. The first-order valence-corrected chi connectivity index (χ1v) is 5.46. The molecule has 6 heteroatoms. The van der Waals surface area contributed by atoms with Gasteiger partial charge in [-0.15, -0.1) is 0 Å². The van der Waals surface area contributed by atoms with E-state index >= 15 is 0 Å². The fraction of sp³-hybridized carbons (Fsp3) is 0.800. The van der Waals surface area contributed by atoms with E-state index in [1.165, 1.54) is 0 Å². The molecular formula is C10H18N2O4. The number of hydrogen-bond acceptors (Lipinski definition) is 4. The highest BCUT2D eigenvalue weighted by Gasteiger charge is 2.16. The van der Waals surface area contributed by atoms with Gasteiger partial charge >= 0.3 is 11.9 Å². The summed E-state index contributed by atoms with van der Waals surface area (Å²) in [6, 6.07) is 0. The van der Waals surface area contributed by atoms with Crippen molar-refractivity contribution in [3.05, 3.63) is 0 Å². The van der Waals surface area contributed by atoms with Crippen LogP contribution in [0.25, 0.3) is 0 Å². The van der Waals surface area contributed by atoms with Crippen LogP contribution in [0.5, 0.6) is 0 Å². The molecule has 0 aliphatic carbocycles. The van der Waals surface area contributed by atoms with E-state index < -0.39 is 11.9 Å². The second-order valence-corrected chi connectivity index (χ2v) is 4.05. The summed E-state index contributed by atoms with van der Waals surface area (Å²) >= 11 is 0. The molecule has 0 aromatic rings. The van der Waals surface area contributed by atoms with E-state index in [1.807, 2.05) is 9.80 Å². The zero-order chi connectivity index (χ0) is 12.0. The van der Waals surface area contributed by atoms with Crippen molar-refractivity contribution in [2.24, 2.45) is 0 Å². The summed E-state index contributed by atoms with van der Waals surface area (Å²) in [5.74, 6) is -1.61. The minimum Gasteiger partial charge on any atom is -0.480 e. The molecule has 6 nitrogen and oxygen atoms in total. The highest BCUT2D eigenvalue weighted by Crippen LogP contribution is 2.03. The molecule has 0 aromatic heterocycles. The summed E-state index contributed by atoms with van der Waals surface area (Å²) in [5, 5.41) is 17.3. The van der Waals surface area contributed by atoms with Crippen molar-refractivity contribution in [1.29, 1.82) is 0 Å². The third-order valence-electron chi connectivity index (χ3n) is 2.62. The smallest absolute Gasteiger partial charge is 0.317 e. The second-order valence-electron chi connectivity index (χ2n) is 4.05. The number of rotatable bonds is 4. The molecule has 1 aliphatic heterocycles. The molecule has 1 fully saturated rings. The molecule has 1 rings (SSSR count). The van der Waals surface area contributed by atoms with Gasteiger partial charge in [0.2, 0.25) is 0 Å². The largest absolute Gasteiger partial charge is 0.480 e. The number of nitrogens with zero attached hydrogens (tertiary/aromatic N) is 2. The van der Waals surface area contributed by atoms with Crippen molar-refractivity contribution in [2.75, 3.05) is 39.3 Å². The summed E-state index contributed by atoms with van der Waals surface area (Å²) in [6.07, 6.45) is 1.64. The van der Waals surface area contributed by atoms with Crippen LogP contribution >= 0.6 is 0 Å². The third-order valence-corrected chi connectivity index (χ3v) is 2.62. The molecule has 0 bridgehead atoms. The zero-order valence-electron chi connectivity index (χ0n) is 9.26. The Morgan fingerprint density at radius 1 is 0.812 bits per heavy atom. The molecule has 0 amide bonds. The van der Waals surface area contributed by atoms with Crippen LogP contribution in [0.15, 0.2) is 0 Å². The van der Waals surface area contributed by atoms with Gasteiger partial charge in [-0.3, -0.25) is 19.4 Å². The van der Waals surface area contributed by atoms with Crippen LogP contribution in [0.1, 0.15) is 12.8 Å². The van der Waals surface area contributed by atoms with Crippen LogP contribution in [0.3, 0.4) is 0 Å². The lowest BCUT2D eigenvalue weighted by molar-refractivity contribution is -0.138. The molecular weight excluding hydrogens is 212 g/mol. The first kappa shape index (κ1) is 12.9. The SMILES string of the molecule is O=C(O)CN1CCCN(CC(=O)O)CCC1. The van der Waals surface area contributed by atoms with E-state index in [2.05, 4.69) is 0 Å². The van der Waals surface area contributed by atoms with Crippen LogP contribution in [0.4, 0.5) is 0 Å². The molecule has 0 atom stereocenters. The van der Waals surface area contributed by atoms with Crippen molar-refractivity contribution in [1.82, 2.24) is 9.80 Å². The van der Waals surface area contributed by atoms with Crippen molar-refractivity contribution >= 4 is 11.9 Å². The molecule has 0 aromatic carbocycles. The van der Waals surface area contributed by atoms with Gasteiger partial charge < -0.3 is 10.2 Å². The van der Waals surface area contributed by atoms with Gasteiger partial charge in [0.25, 0.3) is 0 Å². The summed E-state index contributed by atoms with van der Waals surface area (Å²) in [6.45, 7) is 3.06. The Balaban J connectivity index is 2.31. The Kier molecular flexibility index (Phi) is 5.21. The Morgan fingerprint density at radius 2 is 1.12 bits per heavy atom. The minimum atomic E-state index is -0.803. The normalized spacial score (nSPS) is 20.0. The lowest BCUT2D eigenvalue weighted by Gasteiger charge is -2.28. The summed E-state index contributed by atoms with van der Waals surface area (Å²) in [4.78, 5) is 24.9. The predicted molar refractivity (Wildman–Crippen MR) is 57.4 cm³/mol. The van der Waals surface area contributed by atoms with E-state index in [-0.39, 0.29) is 13.1 Å². The fourth-order valence-electron chi connectivity index (χ4n) is 1.96. The molecule has 92 valence electrons. The zero-order valence-corrected chi connectivity index (χ0v) is 9.26. The van der Waals surface area contributed by atoms with E-state index in [0.717, 1.165) is 39.0 Å². The number of aliphatic carboxylic acids is 2. The van der Waals surface area contributed by atoms with E-state index in [0.29, 0.717) is 0 Å². The van der Waals surface area contributed by atoms with Crippen molar-refractivity contribution in [3.8, 4) is 0 Å². The fourth-order valence-corrected chi connectivity index (χ4v) is 1.96. The number of carboxylic acids is 2. The predicted octanol–water partition coefficient (Wildman–Crippen LogP) is -0.447. The van der Waals surface area contributed by atoms with Gasteiger partial charge in [-0.05, 0) is 39.0 Å². The lowest BCUT2D eigenvalue weighted by Crippen LogP contribution is -2.40. The molecule has 0 saturated carbocycles. The highest BCUT2D eigenvalue weighted by atomic mass is 16.4. The maximum absolute atomic E-state index is 10.5. The average Bonchev–Trinajstić information content (AvgIpc) is 2.11. The Bertz CT molecular complexity index is 223. The van der Waals surface area contributed by atoms with Crippen molar-refractivity contribution < 1.29 is 19.8 Å². The quantitative estimate of drug-likeness (QED) is 0.681. The van der Waals surface area contributed by atoms with Crippen molar-refractivity contribution in [3.63, 3.8) is 0 Å². The molecule has 16 heavy (non-hydrogen) atoms. The second kappa shape index (κ2) is 6.44. The first-order valence-electron chi connectivity index (χ1n) is 5.46. The number of hydrogen-bond donors (Lipinski definition) is 2. The topological polar surface area (TPSA) is 81.1 Å². The van der Waals surface area contributed by atoms with Gasteiger partial charge in [0, 0.05) is 0 Å². The monoisotopic (exact) mass is 230 g/mol. The summed E-state index contributed by atoms with van der Waals surface area (Å²) in [7, 11) is 0. The Hall–Kier alpha value is -1.14. The van der Waals surface area contributed by atoms with Gasteiger partial charge in [-0.2, -0.15) is 0 Å². The summed E-state index contributed by atoms with van der Waals surface area (Å²) < 4.78 is 0. The molecule has 2 N–H and O–H groups in total. The molecule has 0 radical (unpaired) electrons. The van der Waals surface area contributed by atoms with Crippen LogP contribution < -0.4 is 0 Å². The van der Waals surface area contributed by atoms with Crippen LogP contribution in [0, 0.1) is 0 Å². The maximum atomic E-state index is 10.5. The van der Waals surface area contributed by atoms with Crippen LogP contribution in [0.2, 0.25) is 0 Å². The van der Waals surface area contributed by atoms with Crippen LogP contribution in [-0.2, 0) is 9.59 Å². The van der Waals surface area contributed by atoms with Gasteiger partial charge in [-0.25, -0.2) is 0 Å². The van der Waals surface area contributed by atoms with Crippen molar-refractivity contribution in [2.45, 2.75) is 12.8 Å². The lowest BCUT2D eigenvalue weighted by atomic mass is 10.2. The van der Waals surface area contributed by atoms with E-state index in [9.17, 15) is 9.59 Å². The number of carbonyl (C=O) groups is 2. The molecule has 0 spiro atoms. The van der Waals surface area contributed by atoms with Gasteiger partial charge in [0.1, 0.15) is 0 Å². The van der Waals surface area contributed by atoms with Gasteiger partial charge in [-0.1, -0.05) is 0 Å². The Labute approximate surface area is 94.4 Å². The van der Waals surface area contributed by atoms with E-state index in [1.54, 1.807) is 0 Å². The van der Waals surface area contributed by atoms with Crippen LogP contribution in [-0.4, -0.2) is 71.2 Å². The van der Waals surface area contributed by atoms with E-state index in [4.69, 9.17) is 10.2 Å². The Morgan fingerprint density at radius 3 is 1.38 bits per heavy atom. The van der Waals surface area contributed by atoms with Gasteiger partial charge in [0.05, 0.1) is 13.1 Å². The molecule has 1 saturated heterocycles. The first-order chi connectivity index (χ1) is 7.58. The standard InChI is InChI=1S/C10H18N2O4/c13-9(14)7-11-3-1-4-12(6-2-5-11)8-10(15)16/h1-8H2,(H,13,14)(H,15,16). The highest BCUT2D eigenvalue weighted by molar-refractivity contribution is 5.69. The molecule has 1 aliphatic rings. The summed E-state index contributed by atoms with van der Waals surface area (Å²) in [5.41, 5.74) is 0.